The molecule has 0 amide bonds. The second-order valence-corrected chi connectivity index (χ2v) is 7.05. The van der Waals surface area contributed by atoms with Gasteiger partial charge in [0, 0.05) is 23.7 Å². The van der Waals surface area contributed by atoms with Gasteiger partial charge < -0.3 is 15.0 Å². The molecule has 0 unspecified atom stereocenters. The smallest absolute Gasteiger partial charge is 0.316 e. The van der Waals surface area contributed by atoms with E-state index in [1.165, 1.54) is 24.3 Å². The summed E-state index contributed by atoms with van der Waals surface area (Å²) in [5.74, 6) is -1.88. The number of benzene rings is 1. The van der Waals surface area contributed by atoms with Gasteiger partial charge in [0.1, 0.15) is 11.7 Å². The maximum absolute atomic E-state index is 12.8. The molecule has 1 aliphatic rings. The molecule has 0 saturated carbocycles. The minimum Gasteiger partial charge on any atom is -0.462 e. The fourth-order valence-corrected chi connectivity index (χ4v) is 3.44. The molecule has 1 aromatic carbocycles. The number of carbonyl (C=O) groups is 1. The van der Waals surface area contributed by atoms with E-state index in [0.29, 0.717) is 17.1 Å². The predicted molar refractivity (Wildman–Crippen MR) is 105 cm³/mol. The van der Waals surface area contributed by atoms with Crippen molar-refractivity contribution >= 4 is 29.7 Å². The van der Waals surface area contributed by atoms with Gasteiger partial charge in [-0.05, 0) is 31.6 Å². The number of aromatic amines is 2. The van der Waals surface area contributed by atoms with Gasteiger partial charge in [-0.1, -0.05) is 18.7 Å². The number of aromatic nitrogens is 2. The van der Waals surface area contributed by atoms with E-state index in [-0.39, 0.29) is 22.1 Å². The van der Waals surface area contributed by atoms with Crippen molar-refractivity contribution in [1.29, 1.82) is 0 Å². The van der Waals surface area contributed by atoms with Crippen molar-refractivity contribution in [1.82, 2.24) is 9.97 Å². The van der Waals surface area contributed by atoms with Crippen LogP contribution < -0.4 is 10.9 Å². The maximum Gasteiger partial charge on any atom is 0.316 e. The number of non-ortho nitro benzene ring substituents is 1. The van der Waals surface area contributed by atoms with Crippen LogP contribution in [0.4, 0.5) is 11.5 Å². The highest BCUT2D eigenvalue weighted by atomic mass is 32.1. The molecule has 3 N–H and O–H groups in total. The lowest BCUT2D eigenvalue weighted by Crippen LogP contribution is -2.38. The fourth-order valence-electron chi connectivity index (χ4n) is 3.24. The second-order valence-electron chi connectivity index (χ2n) is 6.64. The number of rotatable bonds is 4. The number of esters is 1. The van der Waals surface area contributed by atoms with E-state index in [1.54, 1.807) is 13.8 Å². The summed E-state index contributed by atoms with van der Waals surface area (Å²) in [6.07, 6.45) is -0.362. The third kappa shape index (κ3) is 3.58. The molecule has 0 radical (unpaired) electrons. The van der Waals surface area contributed by atoms with Gasteiger partial charge in [-0.25, -0.2) is 0 Å². The molecule has 0 spiro atoms. The summed E-state index contributed by atoms with van der Waals surface area (Å²) >= 11 is 5.02. The van der Waals surface area contributed by atoms with Gasteiger partial charge in [0.15, 0.2) is 4.77 Å². The van der Waals surface area contributed by atoms with Crippen LogP contribution in [0.3, 0.4) is 0 Å². The number of hydrogen-bond donors (Lipinski definition) is 3. The zero-order valence-corrected chi connectivity index (χ0v) is 16.0. The van der Waals surface area contributed by atoms with Crippen LogP contribution in [-0.2, 0) is 9.53 Å². The first-order chi connectivity index (χ1) is 13.2. The molecule has 0 bridgehead atoms. The van der Waals surface area contributed by atoms with E-state index >= 15 is 0 Å². The van der Waals surface area contributed by atoms with Crippen molar-refractivity contribution in [2.45, 2.75) is 25.9 Å². The minimum atomic E-state index is -0.901. The lowest BCUT2D eigenvalue weighted by molar-refractivity contribution is -0.384. The molecule has 0 aliphatic carbocycles. The highest BCUT2D eigenvalue weighted by molar-refractivity contribution is 7.71. The molecule has 9 nitrogen and oxygen atoms in total. The molecule has 1 aliphatic heterocycles. The van der Waals surface area contributed by atoms with Crippen LogP contribution in [0.15, 0.2) is 41.3 Å². The Balaban J connectivity index is 2.20. The predicted octanol–water partition coefficient (Wildman–Crippen LogP) is 2.98. The van der Waals surface area contributed by atoms with E-state index < -0.39 is 28.3 Å². The van der Waals surface area contributed by atoms with Crippen LogP contribution in [-0.4, -0.2) is 27.0 Å². The Labute approximate surface area is 164 Å². The molecule has 1 aromatic heterocycles. The average molecular weight is 402 g/mol. The SMILES string of the molecule is C=C1Nc2[nH]c(=S)[nH]c(=O)c2[C@H](c2ccc([N+](=O)[O-])cc2)[C@H]1C(=O)OC(C)C. The number of fused-ring (bicyclic) bond motifs is 1. The molecule has 0 fully saturated rings. The van der Waals surface area contributed by atoms with Crippen molar-refractivity contribution in [2.75, 3.05) is 5.32 Å². The fraction of sp³-hybridized carbons (Fsp3) is 0.278. The number of carbonyl (C=O) groups excluding carboxylic acids is 1. The van der Waals surface area contributed by atoms with E-state index in [2.05, 4.69) is 21.9 Å². The first-order valence-electron chi connectivity index (χ1n) is 8.46. The summed E-state index contributed by atoms with van der Waals surface area (Å²) in [6, 6.07) is 5.68. The summed E-state index contributed by atoms with van der Waals surface area (Å²) in [6.45, 7) is 7.35. The number of ether oxygens (including phenoxy) is 1. The van der Waals surface area contributed by atoms with Crippen LogP contribution in [0.2, 0.25) is 0 Å². The van der Waals surface area contributed by atoms with Gasteiger partial charge in [-0.2, -0.15) is 0 Å². The van der Waals surface area contributed by atoms with Crippen molar-refractivity contribution < 1.29 is 14.5 Å². The molecule has 3 rings (SSSR count). The highest BCUT2D eigenvalue weighted by Crippen LogP contribution is 2.42. The van der Waals surface area contributed by atoms with Gasteiger partial charge >= 0.3 is 5.97 Å². The number of nitrogens with one attached hydrogen (secondary N) is 3. The molecule has 28 heavy (non-hydrogen) atoms. The molecule has 2 aromatic rings. The zero-order valence-electron chi connectivity index (χ0n) is 15.1. The lowest BCUT2D eigenvalue weighted by atomic mass is 9.77. The van der Waals surface area contributed by atoms with Crippen LogP contribution in [0.25, 0.3) is 0 Å². The number of nitro benzene ring substituents is 1. The Morgan fingerprint density at radius 3 is 2.50 bits per heavy atom. The Kier molecular flexibility index (Phi) is 5.14. The third-order valence-electron chi connectivity index (χ3n) is 4.35. The molecule has 2 heterocycles. The van der Waals surface area contributed by atoms with Crippen LogP contribution in [0.5, 0.6) is 0 Å². The summed E-state index contributed by atoms with van der Waals surface area (Å²) in [7, 11) is 0. The first kappa shape index (κ1) is 19.5. The van der Waals surface area contributed by atoms with Gasteiger partial charge in [0.05, 0.1) is 16.6 Å². The van der Waals surface area contributed by atoms with Gasteiger partial charge in [0.2, 0.25) is 0 Å². The second kappa shape index (κ2) is 7.39. The molecular weight excluding hydrogens is 384 g/mol. The zero-order chi connectivity index (χ0) is 20.6. The van der Waals surface area contributed by atoms with Crippen molar-refractivity contribution in [2.24, 2.45) is 5.92 Å². The quantitative estimate of drug-likeness (QED) is 0.310. The molecule has 146 valence electrons. The Hall–Kier alpha value is -3.27. The van der Waals surface area contributed by atoms with Crippen LogP contribution in [0.1, 0.15) is 30.9 Å². The summed E-state index contributed by atoms with van der Waals surface area (Å²) < 4.78 is 5.48. The highest BCUT2D eigenvalue weighted by Gasteiger charge is 2.41. The minimum absolute atomic E-state index is 0.0978. The standard InChI is InChI=1S/C18H18N4O5S/c1-8(2)27-17(24)12-9(3)19-15-14(16(23)21-18(28)20-15)13(12)10-4-6-11(7-5-10)22(25)26/h4-8,12-13H,3H2,1-2H3,(H3,19,20,21,23,28)/t12-,13+/m0/s1. The Morgan fingerprint density at radius 1 is 1.29 bits per heavy atom. The number of nitro groups is 1. The van der Waals surface area contributed by atoms with E-state index in [0.717, 1.165) is 0 Å². The Morgan fingerprint density at radius 2 is 1.93 bits per heavy atom. The molecule has 2 atom stereocenters. The van der Waals surface area contributed by atoms with Gasteiger partial charge in [-0.3, -0.25) is 24.7 Å². The number of nitrogens with zero attached hydrogens (tertiary/aromatic N) is 1. The monoisotopic (exact) mass is 402 g/mol. The first-order valence-corrected chi connectivity index (χ1v) is 8.87. The third-order valence-corrected chi connectivity index (χ3v) is 4.56. The summed E-state index contributed by atoms with van der Waals surface area (Å²) in [4.78, 5) is 41.3. The van der Waals surface area contributed by atoms with Crippen molar-refractivity contribution in [3.63, 3.8) is 0 Å². The van der Waals surface area contributed by atoms with Crippen molar-refractivity contribution in [3.8, 4) is 0 Å². The molecular formula is C18H18N4O5S. The molecule has 10 heteroatoms. The maximum atomic E-state index is 12.8. The Bertz CT molecular complexity index is 1070. The van der Waals surface area contributed by atoms with Gasteiger partial charge in [0.25, 0.3) is 11.2 Å². The summed E-state index contributed by atoms with van der Waals surface area (Å²) in [5.41, 5.74) is 0.554. The van der Waals surface area contributed by atoms with E-state index in [4.69, 9.17) is 17.0 Å². The van der Waals surface area contributed by atoms with Crippen molar-refractivity contribution in [3.05, 3.63) is 72.9 Å². The van der Waals surface area contributed by atoms with E-state index in [9.17, 15) is 19.7 Å². The average Bonchev–Trinajstić information content (AvgIpc) is 2.59. The normalized spacial score (nSPS) is 18.3. The lowest BCUT2D eigenvalue weighted by Gasteiger charge is -2.34. The van der Waals surface area contributed by atoms with Crippen LogP contribution in [0, 0.1) is 20.8 Å². The number of hydrogen-bond acceptors (Lipinski definition) is 7. The topological polar surface area (TPSA) is 130 Å². The summed E-state index contributed by atoms with van der Waals surface area (Å²) in [5, 5.41) is 13.9. The van der Waals surface area contributed by atoms with Gasteiger partial charge in [-0.15, -0.1) is 0 Å². The van der Waals surface area contributed by atoms with E-state index in [1.807, 2.05) is 0 Å². The molecule has 0 saturated heterocycles. The number of H-pyrrole nitrogens is 2. The largest absolute Gasteiger partial charge is 0.462 e. The number of anilines is 1. The van der Waals surface area contributed by atoms with Crippen LogP contribution >= 0.6 is 12.2 Å².